The Kier molecular flexibility index (Phi) is 7.35. The Morgan fingerprint density at radius 3 is 2.62 bits per heavy atom. The van der Waals surface area contributed by atoms with E-state index in [0.717, 1.165) is 25.7 Å². The molecule has 1 aromatic carbocycles. The number of oxazole rings is 1. The highest BCUT2D eigenvalue weighted by molar-refractivity contribution is 5.88. The quantitative estimate of drug-likeness (QED) is 0.561. The normalized spacial score (nSPS) is 11.9. The van der Waals surface area contributed by atoms with Crippen molar-refractivity contribution in [2.75, 3.05) is 6.54 Å². The lowest BCUT2D eigenvalue weighted by Crippen LogP contribution is -2.42. The van der Waals surface area contributed by atoms with Crippen LogP contribution in [0.2, 0.25) is 0 Å². The van der Waals surface area contributed by atoms with Gasteiger partial charge in [-0.2, -0.15) is 0 Å². The largest absolute Gasteiger partial charge is 0.478 e. The van der Waals surface area contributed by atoms with Crippen molar-refractivity contribution in [3.8, 4) is 11.3 Å². The van der Waals surface area contributed by atoms with Crippen molar-refractivity contribution in [3.05, 3.63) is 41.9 Å². The highest BCUT2D eigenvalue weighted by Crippen LogP contribution is 2.21. The fraction of sp³-hybridized carbons (Fsp3) is 0.421. The van der Waals surface area contributed by atoms with Crippen molar-refractivity contribution in [2.45, 2.75) is 45.1 Å². The van der Waals surface area contributed by atoms with E-state index < -0.39 is 12.0 Å². The van der Waals surface area contributed by atoms with Crippen molar-refractivity contribution < 1.29 is 19.1 Å². The van der Waals surface area contributed by atoms with Crippen LogP contribution >= 0.6 is 0 Å². The van der Waals surface area contributed by atoms with Gasteiger partial charge in [0.05, 0.1) is 17.8 Å². The molecule has 0 unspecified atom stereocenters. The van der Waals surface area contributed by atoms with Gasteiger partial charge >= 0.3 is 5.97 Å². The molecule has 0 saturated carbocycles. The third-order valence-electron chi connectivity index (χ3n) is 4.03. The van der Waals surface area contributed by atoms with Gasteiger partial charge in [0.2, 0.25) is 5.91 Å². The average Bonchev–Trinajstić information content (AvgIpc) is 3.09. The number of hydrogen-bond acceptors (Lipinski definition) is 5. The first kappa shape index (κ1) is 19.7. The summed E-state index contributed by atoms with van der Waals surface area (Å²) in [5.74, 6) is -0.325. The Morgan fingerprint density at radius 1 is 1.23 bits per heavy atom. The number of nitrogens with one attached hydrogen (secondary N) is 1. The summed E-state index contributed by atoms with van der Waals surface area (Å²) in [5.41, 5.74) is 6.82. The minimum Gasteiger partial charge on any atom is -0.478 e. The molecule has 26 heavy (non-hydrogen) atoms. The predicted octanol–water partition coefficient (Wildman–Crippen LogP) is 2.61. The summed E-state index contributed by atoms with van der Waals surface area (Å²) in [6.45, 7) is 2.76. The van der Waals surface area contributed by atoms with Crippen molar-refractivity contribution in [3.63, 3.8) is 0 Å². The average molecular weight is 359 g/mol. The molecule has 1 amide bonds. The Morgan fingerprint density at radius 2 is 1.96 bits per heavy atom. The number of amides is 1. The minimum atomic E-state index is -0.985. The van der Waals surface area contributed by atoms with E-state index in [4.69, 9.17) is 15.3 Å². The fourth-order valence-corrected chi connectivity index (χ4v) is 2.49. The molecule has 140 valence electrons. The molecule has 4 N–H and O–H groups in total. The molecule has 2 aromatic rings. The van der Waals surface area contributed by atoms with Gasteiger partial charge in [-0.1, -0.05) is 38.3 Å². The van der Waals surface area contributed by atoms with Crippen molar-refractivity contribution in [1.29, 1.82) is 0 Å². The van der Waals surface area contributed by atoms with Gasteiger partial charge in [0.1, 0.15) is 0 Å². The maximum Gasteiger partial charge on any atom is 0.335 e. The zero-order valence-corrected chi connectivity index (χ0v) is 14.9. The number of rotatable bonds is 10. The third-order valence-corrected chi connectivity index (χ3v) is 4.03. The number of carbonyl (C=O) groups excluding carboxylic acids is 1. The van der Waals surface area contributed by atoms with Crippen LogP contribution in [-0.4, -0.2) is 34.6 Å². The van der Waals surface area contributed by atoms with Gasteiger partial charge < -0.3 is 20.6 Å². The maximum atomic E-state index is 12.0. The van der Waals surface area contributed by atoms with Gasteiger partial charge in [0, 0.05) is 18.5 Å². The molecule has 7 nitrogen and oxygen atoms in total. The van der Waals surface area contributed by atoms with Crippen molar-refractivity contribution >= 4 is 11.9 Å². The van der Waals surface area contributed by atoms with Gasteiger partial charge in [0.25, 0.3) is 0 Å². The number of nitrogens with two attached hydrogens (primary N) is 1. The highest BCUT2D eigenvalue weighted by Gasteiger charge is 2.17. The van der Waals surface area contributed by atoms with Crippen LogP contribution in [0, 0.1) is 0 Å². The molecule has 2 rings (SSSR count). The first-order valence-electron chi connectivity index (χ1n) is 8.83. The smallest absolute Gasteiger partial charge is 0.335 e. The van der Waals surface area contributed by atoms with E-state index in [1.54, 1.807) is 18.3 Å². The zero-order chi connectivity index (χ0) is 18.9. The van der Waals surface area contributed by atoms with Crippen LogP contribution in [0.25, 0.3) is 11.3 Å². The second-order valence-corrected chi connectivity index (χ2v) is 6.16. The Labute approximate surface area is 152 Å². The van der Waals surface area contributed by atoms with Crippen LogP contribution in [-0.2, 0) is 11.2 Å². The van der Waals surface area contributed by atoms with Crippen LogP contribution in [0.1, 0.15) is 48.9 Å². The van der Waals surface area contributed by atoms with Crippen molar-refractivity contribution in [1.82, 2.24) is 10.3 Å². The summed E-state index contributed by atoms with van der Waals surface area (Å²) in [6.07, 6.45) is 6.10. The third kappa shape index (κ3) is 5.70. The van der Waals surface area contributed by atoms with Crippen molar-refractivity contribution in [2.24, 2.45) is 5.73 Å². The first-order valence-corrected chi connectivity index (χ1v) is 8.83. The lowest BCUT2D eigenvalue weighted by molar-refractivity contribution is -0.122. The van der Waals surface area contributed by atoms with Gasteiger partial charge in [-0.05, 0) is 18.6 Å². The van der Waals surface area contributed by atoms with Gasteiger partial charge in [-0.3, -0.25) is 4.79 Å². The second kappa shape index (κ2) is 9.72. The van der Waals surface area contributed by atoms with Crippen LogP contribution < -0.4 is 11.1 Å². The van der Waals surface area contributed by atoms with E-state index in [1.165, 1.54) is 12.1 Å². The molecule has 1 heterocycles. The minimum absolute atomic E-state index is 0.200. The number of aromatic nitrogens is 1. The van der Waals surface area contributed by atoms with E-state index in [2.05, 4.69) is 17.2 Å². The Hall–Kier alpha value is -2.67. The lowest BCUT2D eigenvalue weighted by Gasteiger charge is -2.10. The molecule has 7 heteroatoms. The summed E-state index contributed by atoms with van der Waals surface area (Å²) >= 11 is 0. The van der Waals surface area contributed by atoms with E-state index >= 15 is 0 Å². The number of carboxylic acids is 1. The molecular formula is C19H25N3O4. The van der Waals surface area contributed by atoms with Crippen LogP contribution in [0.15, 0.2) is 34.9 Å². The first-order chi connectivity index (χ1) is 12.5. The van der Waals surface area contributed by atoms with Crippen LogP contribution in [0.3, 0.4) is 0 Å². The summed E-state index contributed by atoms with van der Waals surface area (Å²) in [7, 11) is 0. The Bertz CT molecular complexity index is 725. The summed E-state index contributed by atoms with van der Waals surface area (Å²) in [4.78, 5) is 27.0. The number of unbranched alkanes of at least 4 members (excludes halogenated alkanes) is 3. The number of carboxylic acid groups (broad SMARTS) is 1. The van der Waals surface area contributed by atoms with E-state index in [-0.39, 0.29) is 17.9 Å². The molecule has 1 aromatic heterocycles. The molecule has 1 atom stereocenters. The summed E-state index contributed by atoms with van der Waals surface area (Å²) in [5, 5.41) is 11.7. The van der Waals surface area contributed by atoms with E-state index in [0.29, 0.717) is 23.8 Å². The number of nitrogens with zero attached hydrogens (tertiary/aromatic N) is 1. The Balaban J connectivity index is 1.86. The molecular weight excluding hydrogens is 334 g/mol. The molecule has 0 spiro atoms. The number of hydrogen-bond donors (Lipinski definition) is 3. The molecule has 0 fully saturated rings. The monoisotopic (exact) mass is 359 g/mol. The fourth-order valence-electron chi connectivity index (χ4n) is 2.49. The maximum absolute atomic E-state index is 12.0. The number of aromatic carboxylic acids is 1. The molecule has 0 radical (unpaired) electrons. The molecule has 0 bridgehead atoms. The molecule has 0 aliphatic carbocycles. The second-order valence-electron chi connectivity index (χ2n) is 6.16. The highest BCUT2D eigenvalue weighted by atomic mass is 16.4. The number of carbonyl (C=O) groups is 2. The van der Waals surface area contributed by atoms with E-state index in [1.807, 2.05) is 0 Å². The predicted molar refractivity (Wildman–Crippen MR) is 97.7 cm³/mol. The van der Waals surface area contributed by atoms with Crippen LogP contribution in [0.5, 0.6) is 0 Å². The standard InChI is InChI=1S/C19H25N3O4/c1-2-3-4-5-10-21-18(23)15(20)11-17-22-12-16(26-17)13-6-8-14(9-7-13)19(24)25/h6-9,12,15H,2-5,10-11,20H2,1H3,(H,21,23)(H,24,25)/t15-/m0/s1. The van der Waals surface area contributed by atoms with E-state index in [9.17, 15) is 9.59 Å². The van der Waals surface area contributed by atoms with Gasteiger partial charge in [-0.25, -0.2) is 9.78 Å². The number of benzene rings is 1. The summed E-state index contributed by atoms with van der Waals surface area (Å²) < 4.78 is 5.63. The van der Waals surface area contributed by atoms with Crippen LogP contribution in [0.4, 0.5) is 0 Å². The summed E-state index contributed by atoms with van der Waals surface area (Å²) in [6, 6.07) is 5.57. The SMILES string of the molecule is CCCCCCNC(=O)[C@@H](N)Cc1ncc(-c2ccc(C(=O)O)cc2)o1. The van der Waals surface area contributed by atoms with Gasteiger partial charge in [-0.15, -0.1) is 0 Å². The topological polar surface area (TPSA) is 118 Å². The van der Waals surface area contributed by atoms with Gasteiger partial charge in [0.15, 0.2) is 11.7 Å². The molecule has 0 aliphatic heterocycles. The zero-order valence-electron chi connectivity index (χ0n) is 14.9. The molecule has 0 aliphatic rings. The lowest BCUT2D eigenvalue weighted by atomic mass is 10.1. The molecule has 0 saturated heterocycles.